The molecule has 0 bridgehead atoms. The zero-order valence-corrected chi connectivity index (χ0v) is 14.2. The van der Waals surface area contributed by atoms with Gasteiger partial charge in [0.2, 0.25) is 0 Å². The molecule has 1 amide bonds. The van der Waals surface area contributed by atoms with Crippen molar-refractivity contribution in [3.63, 3.8) is 0 Å². The second kappa shape index (κ2) is 7.13. The van der Waals surface area contributed by atoms with Gasteiger partial charge in [0.05, 0.1) is 7.11 Å². The van der Waals surface area contributed by atoms with E-state index in [0.29, 0.717) is 12.5 Å². The Balaban J connectivity index is 3.06. The molecular weight excluding hydrogens is 314 g/mol. The smallest absolute Gasteiger partial charge is 0.265 e. The number of carbonyl (C=O) groups is 1. The molecule has 1 aromatic rings. The lowest BCUT2D eigenvalue weighted by Gasteiger charge is -2.19. The predicted molar refractivity (Wildman–Crippen MR) is 82.4 cm³/mol. The number of methoxy groups -OCH3 is 1. The molecule has 1 aromatic carbocycles. The van der Waals surface area contributed by atoms with E-state index in [0.717, 1.165) is 6.42 Å². The zero-order valence-electron chi connectivity index (χ0n) is 12.6. The molecule has 5 nitrogen and oxygen atoms in total. The summed E-state index contributed by atoms with van der Waals surface area (Å²) in [6, 6.07) is 4.20. The summed E-state index contributed by atoms with van der Waals surface area (Å²) < 4.78 is 28.0. The number of hydrogen-bond donors (Lipinski definition) is 0. The van der Waals surface area contributed by atoms with E-state index >= 15 is 0 Å². The van der Waals surface area contributed by atoms with Crippen molar-refractivity contribution in [2.24, 2.45) is 5.92 Å². The maximum atomic E-state index is 12.3. The number of amides is 1. The van der Waals surface area contributed by atoms with Gasteiger partial charge in [-0.1, -0.05) is 13.8 Å². The molecular formula is C14H20ClNO4S. The summed E-state index contributed by atoms with van der Waals surface area (Å²) in [7, 11) is 4.42. The van der Waals surface area contributed by atoms with Crippen LogP contribution in [0.4, 0.5) is 0 Å². The first-order chi connectivity index (χ1) is 9.66. The van der Waals surface area contributed by atoms with Crippen LogP contribution in [0.25, 0.3) is 0 Å². The van der Waals surface area contributed by atoms with Crippen molar-refractivity contribution < 1.29 is 17.9 Å². The van der Waals surface area contributed by atoms with Gasteiger partial charge in [0, 0.05) is 29.8 Å². The largest absolute Gasteiger partial charge is 0.495 e. The molecule has 0 aliphatic carbocycles. The highest BCUT2D eigenvalue weighted by atomic mass is 35.7. The van der Waals surface area contributed by atoms with Crippen molar-refractivity contribution in [3.8, 4) is 5.75 Å². The van der Waals surface area contributed by atoms with Crippen LogP contribution in [0, 0.1) is 5.92 Å². The number of rotatable bonds is 6. The van der Waals surface area contributed by atoms with Crippen LogP contribution in [0.15, 0.2) is 23.1 Å². The topological polar surface area (TPSA) is 63.7 Å². The lowest BCUT2D eigenvalue weighted by Crippen LogP contribution is -2.28. The summed E-state index contributed by atoms with van der Waals surface area (Å²) in [5.74, 6) is 0.348. The van der Waals surface area contributed by atoms with Crippen LogP contribution < -0.4 is 4.74 Å². The van der Waals surface area contributed by atoms with Gasteiger partial charge in [-0.25, -0.2) is 8.42 Å². The normalized spacial score (nSPS) is 11.5. The van der Waals surface area contributed by atoms with Crippen molar-refractivity contribution in [2.75, 3.05) is 20.7 Å². The molecule has 0 saturated carbocycles. The summed E-state index contributed by atoms with van der Waals surface area (Å²) in [6.07, 6.45) is 0.874. The lowest BCUT2D eigenvalue weighted by atomic mass is 10.1. The second-order valence-electron chi connectivity index (χ2n) is 5.21. The van der Waals surface area contributed by atoms with Crippen molar-refractivity contribution in [3.05, 3.63) is 23.8 Å². The first-order valence-corrected chi connectivity index (χ1v) is 8.86. The Morgan fingerprint density at radius 3 is 2.48 bits per heavy atom. The molecule has 0 spiro atoms. The van der Waals surface area contributed by atoms with E-state index in [4.69, 9.17) is 15.4 Å². The molecule has 0 atom stereocenters. The van der Waals surface area contributed by atoms with Crippen LogP contribution in [0.5, 0.6) is 5.75 Å². The Bertz CT molecular complexity index is 613. The second-order valence-corrected chi connectivity index (χ2v) is 7.75. The van der Waals surface area contributed by atoms with Crippen molar-refractivity contribution in [1.29, 1.82) is 0 Å². The zero-order chi connectivity index (χ0) is 16.2. The quantitative estimate of drug-likeness (QED) is 0.751. The van der Waals surface area contributed by atoms with Gasteiger partial charge in [0.25, 0.3) is 15.0 Å². The summed E-state index contributed by atoms with van der Waals surface area (Å²) >= 11 is 0. The van der Waals surface area contributed by atoms with E-state index < -0.39 is 9.05 Å². The van der Waals surface area contributed by atoms with Gasteiger partial charge in [-0.3, -0.25) is 4.79 Å². The molecule has 0 heterocycles. The van der Waals surface area contributed by atoms with E-state index in [1.165, 1.54) is 25.3 Å². The van der Waals surface area contributed by atoms with Crippen molar-refractivity contribution in [2.45, 2.75) is 25.2 Å². The summed E-state index contributed by atoms with van der Waals surface area (Å²) in [5, 5.41) is 0. The number of halogens is 1. The number of nitrogens with zero attached hydrogens (tertiary/aromatic N) is 1. The molecule has 0 fully saturated rings. The molecule has 0 radical (unpaired) electrons. The third-order valence-corrected chi connectivity index (χ3v) is 4.40. The molecule has 0 aliphatic heterocycles. The highest BCUT2D eigenvalue weighted by molar-refractivity contribution is 8.13. The van der Waals surface area contributed by atoms with Crippen LogP contribution in [0.2, 0.25) is 0 Å². The standard InChI is InChI=1S/C14H20ClNO4S/c1-10(2)7-8-16(3)14(17)11-5-6-12(20-4)13(9-11)21(15,18)19/h5-6,9-10H,7-8H2,1-4H3. The minimum absolute atomic E-state index is 0.117. The Labute approximate surface area is 130 Å². The van der Waals surface area contributed by atoms with Crippen LogP contribution >= 0.6 is 10.7 Å². The van der Waals surface area contributed by atoms with E-state index in [1.807, 2.05) is 0 Å². The average Bonchev–Trinajstić information content (AvgIpc) is 2.42. The number of hydrogen-bond acceptors (Lipinski definition) is 4. The van der Waals surface area contributed by atoms with Gasteiger partial charge in [-0.05, 0) is 30.5 Å². The Morgan fingerprint density at radius 2 is 2.00 bits per heavy atom. The molecule has 21 heavy (non-hydrogen) atoms. The lowest BCUT2D eigenvalue weighted by molar-refractivity contribution is 0.0789. The van der Waals surface area contributed by atoms with E-state index in [1.54, 1.807) is 11.9 Å². The summed E-state index contributed by atoms with van der Waals surface area (Å²) in [5.41, 5.74) is 0.265. The van der Waals surface area contributed by atoms with E-state index in [9.17, 15) is 13.2 Å². The summed E-state index contributed by atoms with van der Waals surface area (Å²) in [6.45, 7) is 4.75. The van der Waals surface area contributed by atoms with Crippen LogP contribution in [0.1, 0.15) is 30.6 Å². The monoisotopic (exact) mass is 333 g/mol. The fourth-order valence-electron chi connectivity index (χ4n) is 1.77. The van der Waals surface area contributed by atoms with Crippen LogP contribution in [0.3, 0.4) is 0 Å². The van der Waals surface area contributed by atoms with Gasteiger partial charge in [-0.2, -0.15) is 0 Å². The number of carbonyl (C=O) groups excluding carboxylic acids is 1. The number of benzene rings is 1. The Kier molecular flexibility index (Phi) is 6.04. The third-order valence-electron chi connectivity index (χ3n) is 3.06. The molecule has 7 heteroatoms. The molecule has 0 saturated heterocycles. The van der Waals surface area contributed by atoms with Crippen LogP contribution in [-0.2, 0) is 9.05 Å². The van der Waals surface area contributed by atoms with Gasteiger partial charge >= 0.3 is 0 Å². The minimum Gasteiger partial charge on any atom is -0.495 e. The van der Waals surface area contributed by atoms with Crippen molar-refractivity contribution >= 4 is 25.6 Å². The van der Waals surface area contributed by atoms with E-state index in [2.05, 4.69) is 13.8 Å². The number of ether oxygens (including phenoxy) is 1. The molecule has 118 valence electrons. The maximum Gasteiger partial charge on any atom is 0.265 e. The van der Waals surface area contributed by atoms with Gasteiger partial charge < -0.3 is 9.64 Å². The average molecular weight is 334 g/mol. The van der Waals surface area contributed by atoms with E-state index in [-0.39, 0.29) is 22.1 Å². The van der Waals surface area contributed by atoms with Gasteiger partial charge in [-0.15, -0.1) is 0 Å². The Hall–Kier alpha value is -1.27. The SMILES string of the molecule is COc1ccc(C(=O)N(C)CCC(C)C)cc1S(=O)(=O)Cl. The fourth-order valence-corrected chi connectivity index (χ4v) is 2.80. The maximum absolute atomic E-state index is 12.3. The van der Waals surface area contributed by atoms with Gasteiger partial charge in [0.1, 0.15) is 10.6 Å². The molecule has 1 rings (SSSR count). The highest BCUT2D eigenvalue weighted by Gasteiger charge is 2.20. The molecule has 0 aromatic heterocycles. The summed E-state index contributed by atoms with van der Waals surface area (Å²) in [4.78, 5) is 13.6. The van der Waals surface area contributed by atoms with Crippen molar-refractivity contribution in [1.82, 2.24) is 4.90 Å². The predicted octanol–water partition coefficient (Wildman–Crippen LogP) is 2.74. The molecule has 0 N–H and O–H groups in total. The molecule has 0 unspecified atom stereocenters. The first-order valence-electron chi connectivity index (χ1n) is 6.55. The minimum atomic E-state index is -3.98. The first kappa shape index (κ1) is 17.8. The molecule has 0 aliphatic rings. The fraction of sp³-hybridized carbons (Fsp3) is 0.500. The van der Waals surface area contributed by atoms with Gasteiger partial charge in [0.15, 0.2) is 0 Å². The van der Waals surface area contributed by atoms with Crippen LogP contribution in [-0.4, -0.2) is 39.9 Å². The Morgan fingerprint density at radius 1 is 1.38 bits per heavy atom. The highest BCUT2D eigenvalue weighted by Crippen LogP contribution is 2.28. The third kappa shape index (κ3) is 4.89.